The van der Waals surface area contributed by atoms with Gasteiger partial charge >= 0.3 is 12.1 Å². The summed E-state index contributed by atoms with van der Waals surface area (Å²) in [6.45, 7) is 1.74. The van der Waals surface area contributed by atoms with E-state index in [0.29, 0.717) is 11.3 Å². The number of nitriles is 1. The highest BCUT2D eigenvalue weighted by atomic mass is 16.7. The zero-order valence-corrected chi connectivity index (χ0v) is 10.3. The molecular weight excluding hydrogens is 248 g/mol. The molecule has 1 aromatic carbocycles. The van der Waals surface area contributed by atoms with Crippen molar-refractivity contribution in [2.24, 2.45) is 0 Å². The number of rotatable bonds is 4. The van der Waals surface area contributed by atoms with Gasteiger partial charge in [-0.05, 0) is 25.1 Å². The van der Waals surface area contributed by atoms with E-state index < -0.39 is 12.1 Å². The number of carbonyl (C=O) groups is 2. The first-order valence-corrected chi connectivity index (χ1v) is 5.47. The molecule has 0 spiro atoms. The Morgan fingerprint density at radius 3 is 2.95 bits per heavy atom. The van der Waals surface area contributed by atoms with Crippen LogP contribution in [-0.2, 0) is 14.3 Å². The van der Waals surface area contributed by atoms with Crippen LogP contribution in [0, 0.1) is 11.3 Å². The minimum Gasteiger partial charge on any atom is -0.434 e. The van der Waals surface area contributed by atoms with Crippen LogP contribution in [0.2, 0.25) is 0 Å². The van der Waals surface area contributed by atoms with Gasteiger partial charge in [0.2, 0.25) is 0 Å². The van der Waals surface area contributed by atoms with E-state index in [1.54, 1.807) is 31.2 Å². The third kappa shape index (κ3) is 5.37. The molecule has 0 aliphatic rings. The summed E-state index contributed by atoms with van der Waals surface area (Å²) >= 11 is 0. The minimum absolute atomic E-state index is 0.134. The fourth-order valence-corrected chi connectivity index (χ4v) is 1.15. The van der Waals surface area contributed by atoms with Crippen molar-refractivity contribution in [3.8, 4) is 6.07 Å². The average Bonchev–Trinajstić information content (AvgIpc) is 2.39. The summed E-state index contributed by atoms with van der Waals surface area (Å²) < 4.78 is 8.73. The molecule has 0 bridgehead atoms. The standard InChI is InChI=1S/C13H12N2O4/c1-2-18-13(17)19-12(16)6-7-15-11-5-3-4-10(8-11)9-14/h3-8,15H,2H2,1H3. The molecule has 0 aliphatic heterocycles. The van der Waals surface area contributed by atoms with Gasteiger partial charge in [0.1, 0.15) is 0 Å². The predicted octanol–water partition coefficient (Wildman–Crippen LogP) is 2.18. The summed E-state index contributed by atoms with van der Waals surface area (Å²) in [7, 11) is 0. The monoisotopic (exact) mass is 260 g/mol. The van der Waals surface area contributed by atoms with Crippen molar-refractivity contribution in [2.45, 2.75) is 6.92 Å². The Labute approximate surface area is 110 Å². The second-order valence-corrected chi connectivity index (χ2v) is 3.27. The third-order valence-electron chi connectivity index (χ3n) is 1.91. The molecule has 0 saturated heterocycles. The summed E-state index contributed by atoms with van der Waals surface area (Å²) in [5.41, 5.74) is 1.13. The van der Waals surface area contributed by atoms with Crippen molar-refractivity contribution in [3.05, 3.63) is 42.1 Å². The Morgan fingerprint density at radius 1 is 1.47 bits per heavy atom. The molecule has 0 aromatic heterocycles. The van der Waals surface area contributed by atoms with E-state index in [1.807, 2.05) is 6.07 Å². The van der Waals surface area contributed by atoms with Gasteiger partial charge in [0.25, 0.3) is 0 Å². The van der Waals surface area contributed by atoms with Crippen LogP contribution in [0.1, 0.15) is 12.5 Å². The van der Waals surface area contributed by atoms with Crippen LogP contribution >= 0.6 is 0 Å². The third-order valence-corrected chi connectivity index (χ3v) is 1.91. The summed E-state index contributed by atoms with van der Waals surface area (Å²) in [6.07, 6.45) is 1.30. The van der Waals surface area contributed by atoms with E-state index in [2.05, 4.69) is 14.8 Å². The predicted molar refractivity (Wildman–Crippen MR) is 67.0 cm³/mol. The number of nitrogens with zero attached hydrogens (tertiary/aromatic N) is 1. The number of esters is 1. The molecule has 0 radical (unpaired) electrons. The molecule has 0 atom stereocenters. The highest BCUT2D eigenvalue weighted by molar-refractivity contribution is 5.90. The smallest absolute Gasteiger partial charge is 0.434 e. The van der Waals surface area contributed by atoms with Gasteiger partial charge < -0.3 is 14.8 Å². The van der Waals surface area contributed by atoms with Crippen LogP contribution in [0.5, 0.6) is 0 Å². The first kappa shape index (κ1) is 14.3. The maximum absolute atomic E-state index is 11.1. The molecule has 19 heavy (non-hydrogen) atoms. The van der Waals surface area contributed by atoms with Gasteiger partial charge in [-0.1, -0.05) is 6.07 Å². The Kier molecular flexibility index (Phi) is 5.63. The number of nitrogens with one attached hydrogen (secondary N) is 1. The lowest BCUT2D eigenvalue weighted by molar-refractivity contribution is -0.134. The van der Waals surface area contributed by atoms with Crippen molar-refractivity contribution in [2.75, 3.05) is 11.9 Å². The molecule has 0 amide bonds. The molecule has 1 rings (SSSR count). The van der Waals surface area contributed by atoms with Crippen LogP contribution in [0.15, 0.2) is 36.5 Å². The fraction of sp³-hybridized carbons (Fsp3) is 0.154. The molecule has 1 aromatic rings. The van der Waals surface area contributed by atoms with E-state index in [1.165, 1.54) is 6.20 Å². The van der Waals surface area contributed by atoms with Crippen LogP contribution in [0.3, 0.4) is 0 Å². The first-order chi connectivity index (χ1) is 9.15. The number of anilines is 1. The normalized spacial score (nSPS) is 9.68. The van der Waals surface area contributed by atoms with E-state index in [9.17, 15) is 9.59 Å². The molecule has 0 unspecified atom stereocenters. The molecule has 1 N–H and O–H groups in total. The molecule has 6 nitrogen and oxygen atoms in total. The van der Waals surface area contributed by atoms with Gasteiger partial charge in [-0.2, -0.15) is 5.26 Å². The first-order valence-electron chi connectivity index (χ1n) is 5.47. The second-order valence-electron chi connectivity index (χ2n) is 3.27. The maximum Gasteiger partial charge on any atom is 0.516 e. The van der Waals surface area contributed by atoms with Crippen molar-refractivity contribution in [1.29, 1.82) is 5.26 Å². The summed E-state index contributed by atoms with van der Waals surface area (Å²) in [4.78, 5) is 22.0. The largest absolute Gasteiger partial charge is 0.516 e. The van der Waals surface area contributed by atoms with Crippen molar-refractivity contribution < 1.29 is 19.1 Å². The topological polar surface area (TPSA) is 88.4 Å². The molecule has 6 heteroatoms. The molecule has 98 valence electrons. The number of carbonyl (C=O) groups excluding carboxylic acids is 2. The highest BCUT2D eigenvalue weighted by Crippen LogP contribution is 2.09. The van der Waals surface area contributed by atoms with E-state index in [-0.39, 0.29) is 6.61 Å². The molecule has 0 aliphatic carbocycles. The van der Waals surface area contributed by atoms with Crippen molar-refractivity contribution in [3.63, 3.8) is 0 Å². The zero-order chi connectivity index (χ0) is 14.1. The molecule has 0 fully saturated rings. The summed E-state index contributed by atoms with van der Waals surface area (Å²) in [5, 5.41) is 11.5. The van der Waals surface area contributed by atoms with Gasteiger partial charge in [-0.3, -0.25) is 0 Å². The van der Waals surface area contributed by atoms with E-state index >= 15 is 0 Å². The lowest BCUT2D eigenvalue weighted by atomic mass is 10.2. The quantitative estimate of drug-likeness (QED) is 0.507. The van der Waals surface area contributed by atoms with Crippen molar-refractivity contribution in [1.82, 2.24) is 0 Å². The Morgan fingerprint density at radius 2 is 2.26 bits per heavy atom. The Hall–Kier alpha value is -2.81. The maximum atomic E-state index is 11.1. The summed E-state index contributed by atoms with van der Waals surface area (Å²) in [5.74, 6) is -0.845. The SMILES string of the molecule is CCOC(=O)OC(=O)C=CNc1cccc(C#N)c1. The highest BCUT2D eigenvalue weighted by Gasteiger charge is 2.06. The lowest BCUT2D eigenvalue weighted by Gasteiger charge is -2.01. The lowest BCUT2D eigenvalue weighted by Crippen LogP contribution is -2.11. The zero-order valence-electron chi connectivity index (χ0n) is 10.3. The molecular formula is C13H12N2O4. The van der Waals surface area contributed by atoms with Gasteiger partial charge in [-0.15, -0.1) is 0 Å². The van der Waals surface area contributed by atoms with Gasteiger partial charge in [-0.25, -0.2) is 9.59 Å². The van der Waals surface area contributed by atoms with Crippen molar-refractivity contribution >= 4 is 17.8 Å². The molecule has 0 heterocycles. The Bertz CT molecular complexity index is 532. The summed E-state index contributed by atoms with van der Waals surface area (Å²) in [6, 6.07) is 8.68. The number of hydrogen-bond donors (Lipinski definition) is 1. The Balaban J connectivity index is 2.47. The fourth-order valence-electron chi connectivity index (χ4n) is 1.15. The minimum atomic E-state index is -1.04. The van der Waals surface area contributed by atoms with E-state index in [4.69, 9.17) is 5.26 Å². The van der Waals surface area contributed by atoms with Gasteiger partial charge in [0.05, 0.1) is 18.2 Å². The van der Waals surface area contributed by atoms with Crippen LogP contribution in [-0.4, -0.2) is 18.7 Å². The average molecular weight is 260 g/mol. The second kappa shape index (κ2) is 7.50. The van der Waals surface area contributed by atoms with Gasteiger partial charge in [0.15, 0.2) is 0 Å². The van der Waals surface area contributed by atoms with Crippen LogP contribution in [0.25, 0.3) is 0 Å². The van der Waals surface area contributed by atoms with Crippen LogP contribution in [0.4, 0.5) is 10.5 Å². The number of benzene rings is 1. The molecule has 0 saturated carbocycles. The van der Waals surface area contributed by atoms with Crippen LogP contribution < -0.4 is 5.32 Å². The van der Waals surface area contributed by atoms with E-state index in [0.717, 1.165) is 6.08 Å². The number of hydrogen-bond acceptors (Lipinski definition) is 6. The van der Waals surface area contributed by atoms with Gasteiger partial charge in [0, 0.05) is 18.0 Å². The number of ether oxygens (including phenoxy) is 2.